The fourth-order valence-electron chi connectivity index (χ4n) is 9.69. The number of carbonyl (C=O) groups excluding carboxylic acids is 2. The van der Waals surface area contributed by atoms with Gasteiger partial charge in [0.05, 0.1) is 25.4 Å². The number of aliphatic hydroxyl groups is 2. The molecule has 0 saturated heterocycles. The van der Waals surface area contributed by atoms with Crippen molar-refractivity contribution in [2.45, 2.75) is 353 Å². The molecule has 0 aliphatic carbocycles. The molecular weight excluding hydrogens is 851 g/mol. The molecule has 1 amide bonds. The summed E-state index contributed by atoms with van der Waals surface area (Å²) in [5.74, 6) is -0.0633. The number of hydrogen-bond donors (Lipinski definition) is 3. The minimum absolute atomic E-state index is 0.0102. The molecule has 0 rings (SSSR count). The van der Waals surface area contributed by atoms with Gasteiger partial charge < -0.3 is 20.3 Å². The summed E-state index contributed by atoms with van der Waals surface area (Å²) < 4.78 is 5.48. The highest BCUT2D eigenvalue weighted by Gasteiger charge is 2.18. The lowest BCUT2D eigenvalue weighted by molar-refractivity contribution is -0.143. The van der Waals surface area contributed by atoms with Crippen molar-refractivity contribution in [1.82, 2.24) is 5.32 Å². The van der Waals surface area contributed by atoms with Gasteiger partial charge in [-0.1, -0.05) is 295 Å². The third-order valence-electron chi connectivity index (χ3n) is 14.5. The number of unbranched alkanes of at least 4 members (excludes halogenated alkanes) is 45. The number of amides is 1. The van der Waals surface area contributed by atoms with Crippen LogP contribution in [-0.2, 0) is 14.3 Å². The number of hydrogen-bond acceptors (Lipinski definition) is 5. The maximum atomic E-state index is 12.5. The van der Waals surface area contributed by atoms with Crippen LogP contribution < -0.4 is 5.32 Å². The van der Waals surface area contributed by atoms with E-state index in [1.807, 2.05) is 6.08 Å². The zero-order chi connectivity index (χ0) is 50.0. The summed E-state index contributed by atoms with van der Waals surface area (Å²) >= 11 is 0. The normalized spacial score (nSPS) is 12.7. The standard InChI is InChI=1S/C63H121NO5/c1-3-5-7-9-11-13-15-17-19-25-28-31-35-39-43-47-51-55-61(66)60(59-65)64-62(67)56-52-48-44-40-36-32-29-26-23-21-20-22-24-27-30-34-38-42-46-50-54-58-69-63(68)57-53-49-45-41-37-33-18-16-14-12-10-8-6-4-2/h21,23,51,55,60-61,65-66H,3-20,22,24-50,52-54,56-59H2,1-2H3,(H,64,67)/b23-21-,55-51+. The van der Waals surface area contributed by atoms with Gasteiger partial charge in [-0.25, -0.2) is 0 Å². The van der Waals surface area contributed by atoms with Crippen molar-refractivity contribution in [3.8, 4) is 0 Å². The van der Waals surface area contributed by atoms with Gasteiger partial charge in [0.25, 0.3) is 0 Å². The van der Waals surface area contributed by atoms with Crippen LogP contribution in [0.4, 0.5) is 0 Å². The average molecular weight is 973 g/mol. The number of rotatable bonds is 58. The number of aliphatic hydroxyl groups excluding tert-OH is 2. The van der Waals surface area contributed by atoms with E-state index in [-0.39, 0.29) is 18.5 Å². The average Bonchev–Trinajstić information content (AvgIpc) is 3.35. The van der Waals surface area contributed by atoms with E-state index in [0.29, 0.717) is 19.4 Å². The zero-order valence-electron chi connectivity index (χ0n) is 46.6. The Morgan fingerprint density at radius 1 is 0.391 bits per heavy atom. The van der Waals surface area contributed by atoms with E-state index in [0.717, 1.165) is 44.9 Å². The molecule has 0 aliphatic rings. The van der Waals surface area contributed by atoms with Crippen molar-refractivity contribution >= 4 is 11.9 Å². The molecule has 0 aromatic heterocycles. The van der Waals surface area contributed by atoms with Crippen LogP contribution in [0.25, 0.3) is 0 Å². The summed E-state index contributed by atoms with van der Waals surface area (Å²) in [4.78, 5) is 24.5. The highest BCUT2D eigenvalue weighted by Crippen LogP contribution is 2.17. The predicted molar refractivity (Wildman–Crippen MR) is 301 cm³/mol. The Hall–Kier alpha value is -1.66. The van der Waals surface area contributed by atoms with Crippen LogP contribution in [0.15, 0.2) is 24.3 Å². The van der Waals surface area contributed by atoms with E-state index >= 15 is 0 Å². The highest BCUT2D eigenvalue weighted by atomic mass is 16.5. The van der Waals surface area contributed by atoms with Gasteiger partial charge in [-0.05, 0) is 57.8 Å². The van der Waals surface area contributed by atoms with E-state index in [1.165, 1.54) is 270 Å². The Morgan fingerprint density at radius 3 is 1.03 bits per heavy atom. The quantitative estimate of drug-likeness (QED) is 0.0321. The Morgan fingerprint density at radius 2 is 0.681 bits per heavy atom. The Bertz CT molecular complexity index is 1080. The molecule has 0 spiro atoms. The van der Waals surface area contributed by atoms with Crippen LogP contribution in [0.3, 0.4) is 0 Å². The van der Waals surface area contributed by atoms with Crippen LogP contribution in [0.1, 0.15) is 341 Å². The molecule has 0 radical (unpaired) electrons. The van der Waals surface area contributed by atoms with Crippen molar-refractivity contribution in [3.05, 3.63) is 24.3 Å². The maximum absolute atomic E-state index is 12.5. The van der Waals surface area contributed by atoms with E-state index in [2.05, 4.69) is 31.3 Å². The second-order valence-corrected chi connectivity index (χ2v) is 21.4. The van der Waals surface area contributed by atoms with Crippen LogP contribution in [0.5, 0.6) is 0 Å². The first kappa shape index (κ1) is 67.3. The highest BCUT2D eigenvalue weighted by molar-refractivity contribution is 5.76. The Balaban J connectivity index is 3.44. The Kier molecular flexibility index (Phi) is 57.5. The van der Waals surface area contributed by atoms with Crippen LogP contribution in [-0.4, -0.2) is 47.4 Å². The van der Waals surface area contributed by atoms with Crippen LogP contribution in [0, 0.1) is 0 Å². The molecule has 6 heteroatoms. The largest absolute Gasteiger partial charge is 0.466 e. The third-order valence-corrected chi connectivity index (χ3v) is 14.5. The van der Waals surface area contributed by atoms with Gasteiger partial charge in [-0.2, -0.15) is 0 Å². The van der Waals surface area contributed by atoms with Gasteiger partial charge in [-0.15, -0.1) is 0 Å². The SMILES string of the molecule is CCCCCCCCCCCCCCCCC/C=C/C(O)C(CO)NC(=O)CCCCCCCCC/C=C\CCCCCCCCCCCCOC(=O)CCCCCCCCCCCCCCCC. The molecule has 0 aromatic rings. The third kappa shape index (κ3) is 55.5. The first-order valence-electron chi connectivity index (χ1n) is 31.1. The molecule has 2 unspecified atom stereocenters. The maximum Gasteiger partial charge on any atom is 0.305 e. The van der Waals surface area contributed by atoms with Crippen molar-refractivity contribution < 1.29 is 24.5 Å². The summed E-state index contributed by atoms with van der Waals surface area (Å²) in [5, 5.41) is 23.1. The van der Waals surface area contributed by atoms with Crippen LogP contribution >= 0.6 is 0 Å². The zero-order valence-corrected chi connectivity index (χ0v) is 46.6. The van der Waals surface area contributed by atoms with Crippen molar-refractivity contribution in [2.75, 3.05) is 13.2 Å². The predicted octanol–water partition coefficient (Wildman–Crippen LogP) is 19.4. The molecule has 0 bridgehead atoms. The van der Waals surface area contributed by atoms with Gasteiger partial charge >= 0.3 is 5.97 Å². The van der Waals surface area contributed by atoms with E-state index in [1.54, 1.807) is 6.08 Å². The van der Waals surface area contributed by atoms with Crippen LogP contribution in [0.2, 0.25) is 0 Å². The Labute approximate surface area is 431 Å². The lowest BCUT2D eigenvalue weighted by atomic mass is 10.0. The number of allylic oxidation sites excluding steroid dienone is 3. The number of ether oxygens (including phenoxy) is 1. The molecular formula is C63H121NO5. The molecule has 2 atom stereocenters. The van der Waals surface area contributed by atoms with Crippen molar-refractivity contribution in [1.29, 1.82) is 0 Å². The molecule has 0 aliphatic heterocycles. The minimum atomic E-state index is -0.849. The molecule has 0 fully saturated rings. The number of carbonyl (C=O) groups is 2. The lowest BCUT2D eigenvalue weighted by Crippen LogP contribution is -2.45. The summed E-state index contributed by atoms with van der Waals surface area (Å²) in [6.07, 6.45) is 72.1. The van der Waals surface area contributed by atoms with Gasteiger partial charge in [0.1, 0.15) is 0 Å². The summed E-state index contributed by atoms with van der Waals surface area (Å²) in [6, 6.07) is -0.633. The topological polar surface area (TPSA) is 95.9 Å². The molecule has 408 valence electrons. The van der Waals surface area contributed by atoms with Gasteiger partial charge in [0, 0.05) is 12.8 Å². The van der Waals surface area contributed by atoms with Crippen molar-refractivity contribution in [2.24, 2.45) is 0 Å². The van der Waals surface area contributed by atoms with E-state index < -0.39 is 12.1 Å². The fraction of sp³-hybridized carbons (Fsp3) is 0.905. The lowest BCUT2D eigenvalue weighted by Gasteiger charge is -2.20. The summed E-state index contributed by atoms with van der Waals surface area (Å²) in [6.45, 7) is 4.92. The molecule has 0 aromatic carbocycles. The second-order valence-electron chi connectivity index (χ2n) is 21.4. The minimum Gasteiger partial charge on any atom is -0.466 e. The summed E-state index contributed by atoms with van der Waals surface area (Å²) in [7, 11) is 0. The second kappa shape index (κ2) is 58.9. The molecule has 6 nitrogen and oxygen atoms in total. The molecule has 3 N–H and O–H groups in total. The van der Waals surface area contributed by atoms with E-state index in [9.17, 15) is 19.8 Å². The van der Waals surface area contributed by atoms with Gasteiger partial charge in [0.2, 0.25) is 5.91 Å². The van der Waals surface area contributed by atoms with Gasteiger partial charge in [0.15, 0.2) is 0 Å². The van der Waals surface area contributed by atoms with E-state index in [4.69, 9.17) is 4.74 Å². The first-order chi connectivity index (χ1) is 34.0. The molecule has 0 saturated carbocycles. The smallest absolute Gasteiger partial charge is 0.305 e. The number of esters is 1. The fourth-order valence-corrected chi connectivity index (χ4v) is 9.69. The number of nitrogens with one attached hydrogen (secondary N) is 1. The first-order valence-corrected chi connectivity index (χ1v) is 31.1. The van der Waals surface area contributed by atoms with Crippen molar-refractivity contribution in [3.63, 3.8) is 0 Å². The molecule has 69 heavy (non-hydrogen) atoms. The summed E-state index contributed by atoms with van der Waals surface area (Å²) in [5.41, 5.74) is 0. The van der Waals surface area contributed by atoms with Gasteiger partial charge in [-0.3, -0.25) is 9.59 Å². The monoisotopic (exact) mass is 972 g/mol. The molecule has 0 heterocycles.